The van der Waals surface area contributed by atoms with Crippen molar-refractivity contribution in [3.63, 3.8) is 0 Å². The fraction of sp³-hybridized carbons (Fsp3) is 0.417. The summed E-state index contributed by atoms with van der Waals surface area (Å²) in [7, 11) is 0. The number of pyridine rings is 1. The summed E-state index contributed by atoms with van der Waals surface area (Å²) in [6.45, 7) is 4.12. The predicted molar refractivity (Wildman–Crippen MR) is 115 cm³/mol. The molecule has 2 aliphatic heterocycles. The molecule has 0 bridgehead atoms. The highest BCUT2D eigenvalue weighted by Gasteiger charge is 2.42. The summed E-state index contributed by atoms with van der Waals surface area (Å²) in [5.74, 6) is 0.747. The van der Waals surface area contributed by atoms with Gasteiger partial charge in [-0.2, -0.15) is 0 Å². The standard InChI is InChI=1S/C24H27N3O3/c1-17-6-10-25-22(14-17)30-19-7-13-29-24(16-19)8-11-27(12-9-24)23(28)21-15-18-4-2-3-5-20(18)26-21/h2-6,10,14-15,19,26H,7-9,11-13,16H2,1H3. The number of para-hydroxylation sites is 1. The first-order chi connectivity index (χ1) is 14.6. The first kappa shape index (κ1) is 19.1. The highest BCUT2D eigenvalue weighted by atomic mass is 16.5. The molecule has 0 aliphatic carbocycles. The number of benzene rings is 1. The number of hydrogen-bond acceptors (Lipinski definition) is 4. The quantitative estimate of drug-likeness (QED) is 0.712. The highest BCUT2D eigenvalue weighted by Crippen LogP contribution is 2.36. The average molecular weight is 405 g/mol. The van der Waals surface area contributed by atoms with Crippen LogP contribution in [0.15, 0.2) is 48.7 Å². The van der Waals surface area contributed by atoms with Crippen LogP contribution in [0, 0.1) is 6.92 Å². The van der Waals surface area contributed by atoms with Crippen molar-refractivity contribution in [3.8, 4) is 5.88 Å². The van der Waals surface area contributed by atoms with Crippen LogP contribution in [0.2, 0.25) is 0 Å². The topological polar surface area (TPSA) is 67.5 Å². The summed E-state index contributed by atoms with van der Waals surface area (Å²) < 4.78 is 12.4. The Balaban J connectivity index is 1.22. The van der Waals surface area contributed by atoms with Crippen LogP contribution in [0.4, 0.5) is 0 Å². The van der Waals surface area contributed by atoms with Crippen molar-refractivity contribution >= 4 is 16.8 Å². The van der Waals surface area contributed by atoms with Crippen LogP contribution >= 0.6 is 0 Å². The van der Waals surface area contributed by atoms with Crippen LogP contribution in [0.3, 0.4) is 0 Å². The van der Waals surface area contributed by atoms with Crippen molar-refractivity contribution in [3.05, 3.63) is 59.9 Å². The van der Waals surface area contributed by atoms with Gasteiger partial charge >= 0.3 is 0 Å². The molecule has 1 atom stereocenters. The smallest absolute Gasteiger partial charge is 0.270 e. The molecule has 0 radical (unpaired) electrons. The predicted octanol–water partition coefficient (Wildman–Crippen LogP) is 4.10. The SMILES string of the molecule is Cc1ccnc(OC2CCOC3(CCN(C(=O)c4cc5ccccc5[nH]4)CC3)C2)c1. The van der Waals surface area contributed by atoms with Gasteiger partial charge in [-0.15, -0.1) is 0 Å². The van der Waals surface area contributed by atoms with E-state index in [1.165, 1.54) is 0 Å². The Morgan fingerprint density at radius 3 is 2.87 bits per heavy atom. The van der Waals surface area contributed by atoms with Crippen LogP contribution in [-0.4, -0.2) is 52.2 Å². The number of aromatic amines is 1. The lowest BCUT2D eigenvalue weighted by atomic mass is 9.83. The van der Waals surface area contributed by atoms with Crippen molar-refractivity contribution in [2.45, 2.75) is 44.3 Å². The summed E-state index contributed by atoms with van der Waals surface area (Å²) in [5.41, 5.74) is 2.59. The molecule has 4 heterocycles. The van der Waals surface area contributed by atoms with Gasteiger partial charge in [-0.1, -0.05) is 18.2 Å². The molecule has 5 rings (SSSR count). The fourth-order valence-electron chi connectivity index (χ4n) is 4.65. The number of H-pyrrole nitrogens is 1. The van der Waals surface area contributed by atoms with E-state index in [0.29, 0.717) is 31.3 Å². The molecule has 2 aliphatic rings. The number of nitrogens with zero attached hydrogens (tertiary/aromatic N) is 2. The number of carbonyl (C=O) groups is 1. The Kier molecular flexibility index (Phi) is 4.95. The maximum atomic E-state index is 13.0. The second-order valence-corrected chi connectivity index (χ2v) is 8.50. The molecule has 1 amide bonds. The van der Waals surface area contributed by atoms with E-state index in [-0.39, 0.29) is 17.6 Å². The van der Waals surface area contributed by atoms with Crippen LogP contribution in [0.5, 0.6) is 5.88 Å². The summed E-state index contributed by atoms with van der Waals surface area (Å²) in [5, 5.41) is 1.06. The van der Waals surface area contributed by atoms with Gasteiger partial charge in [-0.3, -0.25) is 4.79 Å². The van der Waals surface area contributed by atoms with E-state index in [0.717, 1.165) is 42.1 Å². The minimum Gasteiger partial charge on any atom is -0.474 e. The van der Waals surface area contributed by atoms with Crippen molar-refractivity contribution in [1.29, 1.82) is 0 Å². The van der Waals surface area contributed by atoms with Gasteiger partial charge in [0.25, 0.3) is 5.91 Å². The summed E-state index contributed by atoms with van der Waals surface area (Å²) in [6, 6.07) is 13.9. The molecule has 1 unspecified atom stereocenters. The number of likely N-dealkylation sites (tertiary alicyclic amines) is 1. The maximum absolute atomic E-state index is 13.0. The van der Waals surface area contributed by atoms with Gasteiger partial charge in [0, 0.05) is 49.1 Å². The van der Waals surface area contributed by atoms with Crippen LogP contribution in [0.1, 0.15) is 41.7 Å². The first-order valence-electron chi connectivity index (χ1n) is 10.7. The van der Waals surface area contributed by atoms with Crippen molar-refractivity contribution in [1.82, 2.24) is 14.9 Å². The fourth-order valence-corrected chi connectivity index (χ4v) is 4.65. The average Bonchev–Trinajstić information content (AvgIpc) is 3.18. The number of piperidine rings is 1. The molecule has 0 saturated carbocycles. The Morgan fingerprint density at radius 2 is 2.07 bits per heavy atom. The van der Waals surface area contributed by atoms with E-state index in [9.17, 15) is 4.79 Å². The largest absolute Gasteiger partial charge is 0.474 e. The lowest BCUT2D eigenvalue weighted by molar-refractivity contribution is -0.135. The zero-order chi connectivity index (χ0) is 20.6. The van der Waals surface area contributed by atoms with Crippen molar-refractivity contribution < 1.29 is 14.3 Å². The Labute approximate surface area is 176 Å². The number of amides is 1. The highest BCUT2D eigenvalue weighted by molar-refractivity contribution is 5.98. The van der Waals surface area contributed by atoms with Gasteiger partial charge in [0.05, 0.1) is 12.2 Å². The third-order valence-electron chi connectivity index (χ3n) is 6.35. The third-order valence-corrected chi connectivity index (χ3v) is 6.35. The van der Waals surface area contributed by atoms with Crippen molar-refractivity contribution in [2.75, 3.05) is 19.7 Å². The summed E-state index contributed by atoms with van der Waals surface area (Å²) in [6.07, 6.45) is 5.27. The number of ether oxygens (including phenoxy) is 2. The Bertz CT molecular complexity index is 1020. The summed E-state index contributed by atoms with van der Waals surface area (Å²) in [4.78, 5) is 22.5. The van der Waals surface area contributed by atoms with E-state index in [2.05, 4.69) is 9.97 Å². The molecule has 6 heteroatoms. The number of rotatable bonds is 3. The van der Waals surface area contributed by atoms with Gasteiger partial charge in [0.2, 0.25) is 5.88 Å². The van der Waals surface area contributed by atoms with Crippen LogP contribution < -0.4 is 4.74 Å². The van der Waals surface area contributed by atoms with Crippen LogP contribution in [-0.2, 0) is 4.74 Å². The summed E-state index contributed by atoms with van der Waals surface area (Å²) >= 11 is 0. The molecule has 2 saturated heterocycles. The lowest BCUT2D eigenvalue weighted by Crippen LogP contribution is -2.52. The number of hydrogen-bond donors (Lipinski definition) is 1. The molecule has 1 spiro atoms. The molecule has 3 aromatic rings. The number of fused-ring (bicyclic) bond motifs is 1. The zero-order valence-corrected chi connectivity index (χ0v) is 17.3. The van der Waals surface area contributed by atoms with E-state index in [4.69, 9.17) is 9.47 Å². The minimum atomic E-state index is -0.204. The number of carbonyl (C=O) groups excluding carboxylic acids is 1. The molecular weight excluding hydrogens is 378 g/mol. The van der Waals surface area contributed by atoms with Crippen LogP contribution in [0.25, 0.3) is 10.9 Å². The molecule has 6 nitrogen and oxygen atoms in total. The molecule has 156 valence electrons. The third kappa shape index (κ3) is 3.79. The molecular formula is C24H27N3O3. The monoisotopic (exact) mass is 405 g/mol. The number of aromatic nitrogens is 2. The zero-order valence-electron chi connectivity index (χ0n) is 17.3. The Morgan fingerprint density at radius 1 is 1.23 bits per heavy atom. The second-order valence-electron chi connectivity index (χ2n) is 8.50. The number of nitrogens with one attached hydrogen (secondary N) is 1. The van der Waals surface area contributed by atoms with E-state index >= 15 is 0 Å². The van der Waals surface area contributed by atoms with E-state index in [1.807, 2.05) is 54.3 Å². The Hall–Kier alpha value is -2.86. The molecule has 2 fully saturated rings. The molecule has 30 heavy (non-hydrogen) atoms. The normalized spacial score (nSPS) is 21.1. The maximum Gasteiger partial charge on any atom is 0.270 e. The minimum absolute atomic E-state index is 0.0635. The van der Waals surface area contributed by atoms with Gasteiger partial charge in [-0.05, 0) is 43.5 Å². The van der Waals surface area contributed by atoms with E-state index in [1.54, 1.807) is 6.20 Å². The van der Waals surface area contributed by atoms with E-state index < -0.39 is 0 Å². The van der Waals surface area contributed by atoms with Crippen molar-refractivity contribution in [2.24, 2.45) is 0 Å². The molecule has 2 aromatic heterocycles. The van der Waals surface area contributed by atoms with Gasteiger partial charge in [0.15, 0.2) is 0 Å². The van der Waals surface area contributed by atoms with Gasteiger partial charge in [0.1, 0.15) is 11.8 Å². The lowest BCUT2D eigenvalue weighted by Gasteiger charge is -2.45. The van der Waals surface area contributed by atoms with Gasteiger partial charge < -0.3 is 19.4 Å². The molecule has 1 aromatic carbocycles. The second kappa shape index (κ2) is 7.76. The number of aryl methyl sites for hydroxylation is 1. The molecule has 1 N–H and O–H groups in total. The first-order valence-corrected chi connectivity index (χ1v) is 10.7. The van der Waals surface area contributed by atoms with Gasteiger partial charge in [-0.25, -0.2) is 4.98 Å².